The van der Waals surface area contributed by atoms with E-state index in [1.54, 1.807) is 36.3 Å². The summed E-state index contributed by atoms with van der Waals surface area (Å²) in [5, 5.41) is 0.803. The summed E-state index contributed by atoms with van der Waals surface area (Å²) in [4.78, 5) is 28.1. The van der Waals surface area contributed by atoms with E-state index < -0.39 is 5.91 Å². The SMILES string of the molecule is CN1C(=O)Cc2ccc(Br)cc21.NC(=O)c1cccc2ncccc12. The number of nitrogens with two attached hydrogens (primary N) is 1. The van der Waals surface area contributed by atoms with Crippen LogP contribution in [0, 0.1) is 0 Å². The number of carbonyl (C=O) groups excluding carboxylic acids is 2. The van der Waals surface area contributed by atoms with Crippen molar-refractivity contribution in [1.29, 1.82) is 0 Å². The van der Waals surface area contributed by atoms with Crippen LogP contribution in [-0.4, -0.2) is 23.8 Å². The van der Waals surface area contributed by atoms with E-state index in [2.05, 4.69) is 20.9 Å². The maximum atomic E-state index is 11.3. The van der Waals surface area contributed by atoms with Crippen molar-refractivity contribution in [2.75, 3.05) is 11.9 Å². The van der Waals surface area contributed by atoms with Gasteiger partial charge in [-0.05, 0) is 35.9 Å². The molecule has 0 unspecified atom stereocenters. The molecule has 1 aliphatic rings. The molecule has 0 saturated carbocycles. The third-order valence-electron chi connectivity index (χ3n) is 4.04. The monoisotopic (exact) mass is 397 g/mol. The molecule has 2 aromatic carbocycles. The van der Waals surface area contributed by atoms with E-state index in [9.17, 15) is 9.59 Å². The Balaban J connectivity index is 0.000000146. The van der Waals surface area contributed by atoms with E-state index in [-0.39, 0.29) is 5.91 Å². The topological polar surface area (TPSA) is 76.3 Å². The van der Waals surface area contributed by atoms with Gasteiger partial charge in [0.2, 0.25) is 11.8 Å². The number of amides is 2. The summed E-state index contributed by atoms with van der Waals surface area (Å²) in [6, 6.07) is 14.9. The van der Waals surface area contributed by atoms with Crippen LogP contribution in [0.25, 0.3) is 10.9 Å². The Morgan fingerprint density at radius 2 is 2.00 bits per heavy atom. The molecule has 1 aliphatic heterocycles. The second kappa shape index (κ2) is 7.03. The Bertz CT molecular complexity index is 967. The minimum atomic E-state index is -0.418. The summed E-state index contributed by atoms with van der Waals surface area (Å²) >= 11 is 3.37. The number of benzene rings is 2. The number of nitrogens with zero attached hydrogens (tertiary/aromatic N) is 2. The van der Waals surface area contributed by atoms with Crippen molar-refractivity contribution in [2.24, 2.45) is 5.73 Å². The van der Waals surface area contributed by atoms with Gasteiger partial charge in [-0.15, -0.1) is 0 Å². The van der Waals surface area contributed by atoms with Crippen LogP contribution in [0.3, 0.4) is 0 Å². The van der Waals surface area contributed by atoms with E-state index >= 15 is 0 Å². The van der Waals surface area contributed by atoms with Gasteiger partial charge < -0.3 is 10.6 Å². The summed E-state index contributed by atoms with van der Waals surface area (Å²) in [5.41, 5.74) is 8.66. The van der Waals surface area contributed by atoms with E-state index in [4.69, 9.17) is 5.73 Å². The standard InChI is InChI=1S/C10H8N2O.C9H8BrNO/c11-10(13)8-3-1-5-9-7(8)4-2-6-12-9;1-11-8-5-7(10)3-2-6(8)4-9(11)12/h1-6H,(H2,11,13);2-3,5H,4H2,1H3. The predicted molar refractivity (Wildman–Crippen MR) is 102 cm³/mol. The quantitative estimate of drug-likeness (QED) is 0.684. The number of likely N-dealkylation sites (N-methyl/N-ethyl adjacent to an activating group) is 1. The van der Waals surface area contributed by atoms with E-state index in [1.807, 2.05) is 30.3 Å². The summed E-state index contributed by atoms with van der Waals surface area (Å²) in [6.45, 7) is 0. The van der Waals surface area contributed by atoms with Gasteiger partial charge in [-0.3, -0.25) is 14.6 Å². The molecule has 0 spiro atoms. The molecule has 25 heavy (non-hydrogen) atoms. The normalized spacial score (nSPS) is 12.6. The van der Waals surface area contributed by atoms with Gasteiger partial charge in [-0.25, -0.2) is 0 Å². The van der Waals surface area contributed by atoms with Crippen LogP contribution < -0.4 is 10.6 Å². The molecule has 0 fully saturated rings. The number of aromatic nitrogens is 1. The van der Waals surface area contributed by atoms with Crippen LogP contribution in [0.15, 0.2) is 59.2 Å². The fraction of sp³-hybridized carbons (Fsp3) is 0.105. The van der Waals surface area contributed by atoms with E-state index in [1.165, 1.54) is 0 Å². The highest BCUT2D eigenvalue weighted by molar-refractivity contribution is 9.10. The second-order valence-corrected chi connectivity index (χ2v) is 6.56. The molecule has 6 heteroatoms. The predicted octanol–water partition coefficient (Wildman–Crippen LogP) is 3.30. The van der Waals surface area contributed by atoms with Crippen molar-refractivity contribution in [3.63, 3.8) is 0 Å². The average molecular weight is 398 g/mol. The highest BCUT2D eigenvalue weighted by Gasteiger charge is 2.23. The highest BCUT2D eigenvalue weighted by atomic mass is 79.9. The van der Waals surface area contributed by atoms with Crippen LogP contribution in [0.5, 0.6) is 0 Å². The third kappa shape index (κ3) is 3.53. The van der Waals surface area contributed by atoms with Gasteiger partial charge in [0, 0.05) is 34.4 Å². The molecule has 0 aliphatic carbocycles. The number of primary amides is 1. The number of fused-ring (bicyclic) bond motifs is 2. The van der Waals surface area contributed by atoms with Gasteiger partial charge in [0.15, 0.2) is 0 Å². The molecule has 0 atom stereocenters. The number of hydrogen-bond donors (Lipinski definition) is 1. The number of anilines is 1. The van der Waals surface area contributed by atoms with Crippen molar-refractivity contribution in [3.05, 3.63) is 70.3 Å². The molecule has 0 saturated heterocycles. The van der Waals surface area contributed by atoms with Crippen LogP contribution in [-0.2, 0) is 11.2 Å². The zero-order valence-corrected chi connectivity index (χ0v) is 15.2. The van der Waals surface area contributed by atoms with Gasteiger partial charge in [0.05, 0.1) is 11.9 Å². The molecular formula is C19H16BrN3O2. The summed E-state index contributed by atoms with van der Waals surface area (Å²) < 4.78 is 1.02. The Hall–Kier alpha value is -2.73. The second-order valence-electron chi connectivity index (χ2n) is 5.64. The fourth-order valence-corrected chi connectivity index (χ4v) is 3.08. The van der Waals surface area contributed by atoms with Gasteiger partial charge in [0.1, 0.15) is 0 Å². The van der Waals surface area contributed by atoms with Gasteiger partial charge >= 0.3 is 0 Å². The van der Waals surface area contributed by atoms with Gasteiger partial charge in [-0.1, -0.05) is 34.1 Å². The lowest BCUT2D eigenvalue weighted by molar-refractivity contribution is -0.117. The Kier molecular flexibility index (Phi) is 4.81. The highest BCUT2D eigenvalue weighted by Crippen LogP contribution is 2.30. The van der Waals surface area contributed by atoms with Crippen molar-refractivity contribution >= 4 is 44.3 Å². The van der Waals surface area contributed by atoms with E-state index in [0.717, 1.165) is 26.6 Å². The molecule has 2 heterocycles. The summed E-state index contributed by atoms with van der Waals surface area (Å²) in [7, 11) is 1.81. The minimum absolute atomic E-state index is 0.170. The lowest BCUT2D eigenvalue weighted by Gasteiger charge is -2.09. The van der Waals surface area contributed by atoms with Crippen molar-refractivity contribution in [3.8, 4) is 0 Å². The van der Waals surface area contributed by atoms with Crippen molar-refractivity contribution < 1.29 is 9.59 Å². The molecule has 126 valence electrons. The molecule has 0 bridgehead atoms. The molecule has 1 aromatic heterocycles. The Labute approximate surface area is 153 Å². The average Bonchev–Trinajstić information content (AvgIpc) is 2.89. The maximum absolute atomic E-state index is 11.3. The minimum Gasteiger partial charge on any atom is -0.366 e. The Morgan fingerprint density at radius 3 is 2.76 bits per heavy atom. The Morgan fingerprint density at radius 1 is 1.20 bits per heavy atom. The van der Waals surface area contributed by atoms with Gasteiger partial charge in [-0.2, -0.15) is 0 Å². The van der Waals surface area contributed by atoms with Crippen molar-refractivity contribution in [2.45, 2.75) is 6.42 Å². The zero-order chi connectivity index (χ0) is 18.0. The molecule has 4 rings (SSSR count). The first-order valence-electron chi connectivity index (χ1n) is 7.66. The molecule has 5 nitrogen and oxygen atoms in total. The van der Waals surface area contributed by atoms with Gasteiger partial charge in [0.25, 0.3) is 0 Å². The third-order valence-corrected chi connectivity index (χ3v) is 4.53. The molecule has 2 N–H and O–H groups in total. The molecule has 2 amide bonds. The molecule has 0 radical (unpaired) electrons. The number of rotatable bonds is 1. The largest absolute Gasteiger partial charge is 0.366 e. The fourth-order valence-electron chi connectivity index (χ4n) is 2.73. The molecule has 3 aromatic rings. The van der Waals surface area contributed by atoms with Crippen LogP contribution in [0.2, 0.25) is 0 Å². The number of halogens is 1. The van der Waals surface area contributed by atoms with Crippen LogP contribution >= 0.6 is 15.9 Å². The smallest absolute Gasteiger partial charge is 0.249 e. The van der Waals surface area contributed by atoms with Crippen molar-refractivity contribution in [1.82, 2.24) is 4.98 Å². The van der Waals surface area contributed by atoms with Crippen LogP contribution in [0.1, 0.15) is 15.9 Å². The maximum Gasteiger partial charge on any atom is 0.249 e. The first-order valence-corrected chi connectivity index (χ1v) is 8.45. The zero-order valence-electron chi connectivity index (χ0n) is 13.6. The lowest BCUT2D eigenvalue weighted by Crippen LogP contribution is -2.20. The first kappa shape index (κ1) is 17.1. The summed E-state index contributed by atoms with van der Waals surface area (Å²) in [6.07, 6.45) is 2.23. The first-order chi connectivity index (χ1) is 12.0. The van der Waals surface area contributed by atoms with E-state index in [0.29, 0.717) is 12.0 Å². The summed E-state index contributed by atoms with van der Waals surface area (Å²) in [5.74, 6) is -0.248. The number of pyridine rings is 1. The number of carbonyl (C=O) groups is 2. The lowest BCUT2D eigenvalue weighted by atomic mass is 10.1. The van der Waals surface area contributed by atoms with Crippen LogP contribution in [0.4, 0.5) is 5.69 Å². The number of hydrogen-bond acceptors (Lipinski definition) is 3. The molecular weight excluding hydrogens is 382 g/mol.